The number of carbonyl (C=O) groups excluding carboxylic acids is 1. The standard InChI is InChI=1S/C19H19N5O3S/c1-3-23-16-8-5-12(9-17(16)24(4-2)19(23)26)20-18(25)11-27-13-6-7-14-15(10-13)22-28-21-14/h5-10H,3-4,11H2,1-2H3,(H,20,25). The highest BCUT2D eigenvalue weighted by molar-refractivity contribution is 7.00. The van der Waals surface area contributed by atoms with Crippen LogP contribution in [-0.2, 0) is 17.9 Å². The minimum Gasteiger partial charge on any atom is -0.484 e. The number of carbonyl (C=O) groups is 1. The van der Waals surface area contributed by atoms with E-state index in [0.717, 1.165) is 33.8 Å². The summed E-state index contributed by atoms with van der Waals surface area (Å²) in [5.74, 6) is 0.279. The smallest absolute Gasteiger partial charge is 0.329 e. The molecular formula is C19H19N5O3S. The van der Waals surface area contributed by atoms with E-state index in [4.69, 9.17) is 4.74 Å². The fourth-order valence-corrected chi connectivity index (χ4v) is 3.72. The Kier molecular flexibility index (Phi) is 4.82. The van der Waals surface area contributed by atoms with E-state index >= 15 is 0 Å². The molecule has 1 amide bonds. The number of imidazole rings is 1. The van der Waals surface area contributed by atoms with Crippen molar-refractivity contribution in [3.8, 4) is 5.75 Å². The zero-order valence-corrected chi connectivity index (χ0v) is 16.3. The second kappa shape index (κ2) is 7.43. The maximum absolute atomic E-state index is 12.4. The molecule has 0 unspecified atom stereocenters. The number of hydrogen-bond acceptors (Lipinski definition) is 6. The molecule has 1 N–H and O–H groups in total. The minimum absolute atomic E-state index is 0.0428. The third kappa shape index (κ3) is 3.24. The predicted molar refractivity (Wildman–Crippen MR) is 109 cm³/mol. The molecule has 0 bridgehead atoms. The fraction of sp³-hybridized carbons (Fsp3) is 0.263. The van der Waals surface area contributed by atoms with Gasteiger partial charge >= 0.3 is 5.69 Å². The first-order valence-corrected chi connectivity index (χ1v) is 9.71. The molecule has 0 radical (unpaired) electrons. The molecule has 9 heteroatoms. The van der Waals surface area contributed by atoms with E-state index in [1.807, 2.05) is 32.0 Å². The zero-order chi connectivity index (χ0) is 19.7. The number of fused-ring (bicyclic) bond motifs is 2. The van der Waals surface area contributed by atoms with Crippen molar-refractivity contribution in [2.45, 2.75) is 26.9 Å². The summed E-state index contributed by atoms with van der Waals surface area (Å²) in [6.45, 7) is 4.90. The molecule has 0 aliphatic heterocycles. The van der Waals surface area contributed by atoms with Crippen LogP contribution in [0.2, 0.25) is 0 Å². The number of nitrogens with one attached hydrogen (secondary N) is 1. The summed E-state index contributed by atoms with van der Waals surface area (Å²) >= 11 is 1.14. The van der Waals surface area contributed by atoms with E-state index in [1.54, 1.807) is 27.3 Å². The summed E-state index contributed by atoms with van der Waals surface area (Å²) in [7, 11) is 0. The average molecular weight is 397 g/mol. The van der Waals surface area contributed by atoms with Crippen molar-refractivity contribution >= 4 is 45.4 Å². The van der Waals surface area contributed by atoms with Crippen LogP contribution in [0.5, 0.6) is 5.75 Å². The molecule has 4 aromatic rings. The Hall–Kier alpha value is -3.20. The number of ether oxygens (including phenoxy) is 1. The van der Waals surface area contributed by atoms with Crippen LogP contribution in [0.1, 0.15) is 13.8 Å². The number of aromatic nitrogens is 4. The van der Waals surface area contributed by atoms with Crippen LogP contribution in [0.25, 0.3) is 22.1 Å². The van der Waals surface area contributed by atoms with Gasteiger partial charge in [0.25, 0.3) is 5.91 Å². The third-order valence-corrected chi connectivity index (χ3v) is 5.09. The molecule has 2 aromatic carbocycles. The van der Waals surface area contributed by atoms with Gasteiger partial charge in [0.15, 0.2) is 6.61 Å². The Labute approximate surface area is 164 Å². The lowest BCUT2D eigenvalue weighted by Gasteiger charge is -2.08. The number of nitrogens with zero attached hydrogens (tertiary/aromatic N) is 4. The molecule has 144 valence electrons. The summed E-state index contributed by atoms with van der Waals surface area (Å²) in [4.78, 5) is 24.7. The Morgan fingerprint density at radius 3 is 2.57 bits per heavy atom. The lowest BCUT2D eigenvalue weighted by Crippen LogP contribution is -2.23. The molecule has 28 heavy (non-hydrogen) atoms. The van der Waals surface area contributed by atoms with Gasteiger partial charge < -0.3 is 10.1 Å². The quantitative estimate of drug-likeness (QED) is 0.540. The molecule has 0 saturated carbocycles. The molecule has 2 heterocycles. The number of benzene rings is 2. The Morgan fingerprint density at radius 2 is 1.79 bits per heavy atom. The van der Waals surface area contributed by atoms with Gasteiger partial charge in [0.2, 0.25) is 0 Å². The van der Waals surface area contributed by atoms with Gasteiger partial charge in [0, 0.05) is 24.8 Å². The molecule has 0 spiro atoms. The van der Waals surface area contributed by atoms with Gasteiger partial charge in [-0.2, -0.15) is 8.75 Å². The first kappa shape index (κ1) is 18.2. The molecule has 0 aliphatic rings. The lowest BCUT2D eigenvalue weighted by molar-refractivity contribution is -0.118. The first-order chi connectivity index (χ1) is 13.6. The SMILES string of the molecule is CCn1c(=O)n(CC)c2cc(NC(=O)COc3ccc4nsnc4c3)ccc21. The van der Waals surface area contributed by atoms with Crippen molar-refractivity contribution in [2.75, 3.05) is 11.9 Å². The van der Waals surface area contributed by atoms with Crippen LogP contribution in [0.4, 0.5) is 5.69 Å². The second-order valence-electron chi connectivity index (χ2n) is 6.23. The maximum atomic E-state index is 12.4. The van der Waals surface area contributed by atoms with Gasteiger partial charge in [-0.1, -0.05) is 0 Å². The van der Waals surface area contributed by atoms with Crippen LogP contribution >= 0.6 is 11.7 Å². The van der Waals surface area contributed by atoms with E-state index in [1.165, 1.54) is 0 Å². The van der Waals surface area contributed by atoms with Crippen molar-refractivity contribution in [3.05, 3.63) is 46.9 Å². The Bertz CT molecular complexity index is 1220. The predicted octanol–water partition coefficient (Wildman–Crippen LogP) is 2.87. The van der Waals surface area contributed by atoms with Crippen LogP contribution < -0.4 is 15.7 Å². The molecule has 8 nitrogen and oxygen atoms in total. The molecule has 0 atom stereocenters. The van der Waals surface area contributed by atoms with E-state index in [0.29, 0.717) is 24.5 Å². The Morgan fingerprint density at radius 1 is 1.04 bits per heavy atom. The average Bonchev–Trinajstić information content (AvgIpc) is 3.26. The van der Waals surface area contributed by atoms with Gasteiger partial charge in [-0.3, -0.25) is 13.9 Å². The van der Waals surface area contributed by atoms with Crippen molar-refractivity contribution in [1.29, 1.82) is 0 Å². The van der Waals surface area contributed by atoms with Gasteiger partial charge in [-0.25, -0.2) is 4.79 Å². The number of anilines is 1. The van der Waals surface area contributed by atoms with Gasteiger partial charge in [-0.05, 0) is 44.2 Å². The maximum Gasteiger partial charge on any atom is 0.329 e. The summed E-state index contributed by atoms with van der Waals surface area (Å²) in [5.41, 5.74) is 3.78. The molecule has 2 aromatic heterocycles. The van der Waals surface area contributed by atoms with Crippen molar-refractivity contribution in [1.82, 2.24) is 17.9 Å². The van der Waals surface area contributed by atoms with Crippen LogP contribution in [0.15, 0.2) is 41.2 Å². The number of aryl methyl sites for hydroxylation is 2. The highest BCUT2D eigenvalue weighted by Crippen LogP contribution is 2.20. The minimum atomic E-state index is -0.281. The summed E-state index contributed by atoms with van der Waals surface area (Å²) < 4.78 is 17.3. The summed E-state index contributed by atoms with van der Waals surface area (Å²) in [5, 5.41) is 2.82. The highest BCUT2D eigenvalue weighted by atomic mass is 32.1. The van der Waals surface area contributed by atoms with Crippen molar-refractivity contribution < 1.29 is 9.53 Å². The zero-order valence-electron chi connectivity index (χ0n) is 15.5. The van der Waals surface area contributed by atoms with Crippen LogP contribution in [0.3, 0.4) is 0 Å². The van der Waals surface area contributed by atoms with Crippen LogP contribution in [-0.4, -0.2) is 30.4 Å². The summed E-state index contributed by atoms with van der Waals surface area (Å²) in [6.07, 6.45) is 0. The van der Waals surface area contributed by atoms with E-state index in [-0.39, 0.29) is 18.2 Å². The van der Waals surface area contributed by atoms with Gasteiger partial charge in [0.1, 0.15) is 16.8 Å². The largest absolute Gasteiger partial charge is 0.484 e. The topological polar surface area (TPSA) is 91.0 Å². The third-order valence-electron chi connectivity index (χ3n) is 4.53. The molecule has 0 aliphatic carbocycles. The number of amides is 1. The molecule has 4 rings (SSSR count). The first-order valence-electron chi connectivity index (χ1n) is 8.98. The molecule has 0 fully saturated rings. The van der Waals surface area contributed by atoms with E-state index in [2.05, 4.69) is 14.1 Å². The van der Waals surface area contributed by atoms with E-state index in [9.17, 15) is 9.59 Å². The normalized spacial score (nSPS) is 11.2. The number of rotatable bonds is 6. The van der Waals surface area contributed by atoms with Gasteiger partial charge in [-0.15, -0.1) is 0 Å². The van der Waals surface area contributed by atoms with Gasteiger partial charge in [0.05, 0.1) is 22.8 Å². The summed E-state index contributed by atoms with van der Waals surface area (Å²) in [6, 6.07) is 10.8. The van der Waals surface area contributed by atoms with Crippen molar-refractivity contribution in [2.24, 2.45) is 0 Å². The molecular weight excluding hydrogens is 378 g/mol. The Balaban J connectivity index is 1.49. The molecule has 0 saturated heterocycles. The van der Waals surface area contributed by atoms with Crippen LogP contribution in [0, 0.1) is 0 Å². The second-order valence-corrected chi connectivity index (χ2v) is 6.75. The monoisotopic (exact) mass is 397 g/mol. The fourth-order valence-electron chi connectivity index (χ4n) is 3.21. The van der Waals surface area contributed by atoms with Crippen molar-refractivity contribution in [3.63, 3.8) is 0 Å². The highest BCUT2D eigenvalue weighted by Gasteiger charge is 2.12. The number of hydrogen-bond donors (Lipinski definition) is 1. The van der Waals surface area contributed by atoms with E-state index < -0.39 is 0 Å². The lowest BCUT2D eigenvalue weighted by atomic mass is 10.2.